The van der Waals surface area contributed by atoms with Gasteiger partial charge in [-0.25, -0.2) is 0 Å². The maximum atomic E-state index is 11.4. The molecule has 0 radical (unpaired) electrons. The van der Waals surface area contributed by atoms with Crippen molar-refractivity contribution in [2.24, 2.45) is 5.73 Å². The summed E-state index contributed by atoms with van der Waals surface area (Å²) in [5.41, 5.74) is 5.37. The van der Waals surface area contributed by atoms with Gasteiger partial charge in [0, 0.05) is 40.4 Å². The zero-order valence-corrected chi connectivity index (χ0v) is 10.4. The van der Waals surface area contributed by atoms with Gasteiger partial charge < -0.3 is 25.4 Å². The number of hydrogen-bond donors (Lipinski definition) is 2. The van der Waals surface area contributed by atoms with Crippen LogP contribution in [0, 0.1) is 0 Å². The Morgan fingerprint density at radius 3 is 2.62 bits per heavy atom. The summed E-state index contributed by atoms with van der Waals surface area (Å²) in [5, 5.41) is 2.77. The highest BCUT2D eigenvalue weighted by Crippen LogP contribution is 1.87. The molecule has 0 aromatic heterocycles. The summed E-state index contributed by atoms with van der Waals surface area (Å²) in [5.74, 6) is -0.162. The van der Waals surface area contributed by atoms with Crippen LogP contribution in [0.15, 0.2) is 0 Å². The van der Waals surface area contributed by atoms with Gasteiger partial charge >= 0.3 is 0 Å². The first-order valence-electron chi connectivity index (χ1n) is 5.33. The Balaban J connectivity index is 3.60. The summed E-state index contributed by atoms with van der Waals surface area (Å²) in [4.78, 5) is 13.5. The molecule has 1 unspecified atom stereocenters. The van der Waals surface area contributed by atoms with Gasteiger partial charge in [-0.05, 0) is 7.05 Å². The van der Waals surface area contributed by atoms with Crippen LogP contribution in [-0.4, -0.2) is 71.0 Å². The Morgan fingerprint density at radius 2 is 2.12 bits per heavy atom. The lowest BCUT2D eigenvalue weighted by atomic mass is 10.3. The van der Waals surface area contributed by atoms with Gasteiger partial charge in [0.15, 0.2) is 0 Å². The van der Waals surface area contributed by atoms with Crippen molar-refractivity contribution < 1.29 is 14.3 Å². The van der Waals surface area contributed by atoms with Crippen LogP contribution in [0.2, 0.25) is 0 Å². The van der Waals surface area contributed by atoms with Gasteiger partial charge in [0.2, 0.25) is 5.91 Å². The van der Waals surface area contributed by atoms with Gasteiger partial charge in [-0.2, -0.15) is 0 Å². The molecule has 96 valence electrons. The molecule has 0 aliphatic carbocycles. The van der Waals surface area contributed by atoms with E-state index in [2.05, 4.69) is 10.2 Å². The maximum Gasteiger partial charge on any atom is 0.250 e. The molecule has 16 heavy (non-hydrogen) atoms. The van der Waals surface area contributed by atoms with Crippen LogP contribution in [0.5, 0.6) is 0 Å². The maximum absolute atomic E-state index is 11.4. The van der Waals surface area contributed by atoms with E-state index in [0.717, 1.165) is 13.1 Å². The highest BCUT2D eigenvalue weighted by atomic mass is 16.5. The van der Waals surface area contributed by atoms with Crippen molar-refractivity contribution in [3.8, 4) is 0 Å². The molecular formula is C10H23N3O3. The molecule has 6 nitrogen and oxygen atoms in total. The van der Waals surface area contributed by atoms with Crippen LogP contribution in [0.25, 0.3) is 0 Å². The summed E-state index contributed by atoms with van der Waals surface area (Å²) in [6, 6.07) is 0. The summed E-state index contributed by atoms with van der Waals surface area (Å²) in [7, 11) is 5.11. The molecule has 1 amide bonds. The van der Waals surface area contributed by atoms with Crippen LogP contribution in [-0.2, 0) is 14.3 Å². The van der Waals surface area contributed by atoms with Gasteiger partial charge in [-0.15, -0.1) is 0 Å². The van der Waals surface area contributed by atoms with E-state index >= 15 is 0 Å². The number of rotatable bonds is 9. The number of ether oxygens (including phenoxy) is 2. The molecule has 0 aromatic carbocycles. The minimum absolute atomic E-state index is 0.162. The smallest absolute Gasteiger partial charge is 0.250 e. The van der Waals surface area contributed by atoms with Crippen molar-refractivity contribution in [1.29, 1.82) is 0 Å². The Hall–Kier alpha value is -0.690. The molecule has 0 fully saturated rings. The van der Waals surface area contributed by atoms with Crippen molar-refractivity contribution in [3.63, 3.8) is 0 Å². The Morgan fingerprint density at radius 1 is 1.44 bits per heavy atom. The SMILES string of the molecule is COCCN(C)CCNC(=O)C(CN)OC. The third kappa shape index (κ3) is 6.73. The van der Waals surface area contributed by atoms with Crippen molar-refractivity contribution >= 4 is 5.91 Å². The molecule has 0 saturated heterocycles. The molecule has 3 N–H and O–H groups in total. The van der Waals surface area contributed by atoms with Crippen molar-refractivity contribution in [2.75, 3.05) is 54.1 Å². The fourth-order valence-corrected chi connectivity index (χ4v) is 1.15. The molecule has 0 spiro atoms. The van der Waals surface area contributed by atoms with E-state index < -0.39 is 6.10 Å². The highest BCUT2D eigenvalue weighted by molar-refractivity contribution is 5.80. The zero-order chi connectivity index (χ0) is 12.4. The van der Waals surface area contributed by atoms with Crippen LogP contribution < -0.4 is 11.1 Å². The topological polar surface area (TPSA) is 76.8 Å². The average Bonchev–Trinajstić information content (AvgIpc) is 2.28. The van der Waals surface area contributed by atoms with Gasteiger partial charge in [-0.1, -0.05) is 0 Å². The van der Waals surface area contributed by atoms with Gasteiger partial charge in [0.05, 0.1) is 6.61 Å². The summed E-state index contributed by atoms with van der Waals surface area (Å²) < 4.78 is 9.86. The van der Waals surface area contributed by atoms with Crippen LogP contribution in [0.4, 0.5) is 0 Å². The van der Waals surface area contributed by atoms with Gasteiger partial charge in [-0.3, -0.25) is 4.79 Å². The molecular weight excluding hydrogens is 210 g/mol. The number of amides is 1. The number of carbonyl (C=O) groups is 1. The highest BCUT2D eigenvalue weighted by Gasteiger charge is 2.14. The Labute approximate surface area is 97.1 Å². The minimum Gasteiger partial charge on any atom is -0.383 e. The fourth-order valence-electron chi connectivity index (χ4n) is 1.15. The Kier molecular flexibility index (Phi) is 9.12. The lowest BCUT2D eigenvalue weighted by Gasteiger charge is -2.17. The molecule has 6 heteroatoms. The first-order valence-corrected chi connectivity index (χ1v) is 5.33. The van der Waals surface area contributed by atoms with Crippen molar-refractivity contribution in [3.05, 3.63) is 0 Å². The molecule has 0 aliphatic heterocycles. The summed E-state index contributed by atoms with van der Waals surface area (Å²) >= 11 is 0. The van der Waals surface area contributed by atoms with Gasteiger partial charge in [0.25, 0.3) is 0 Å². The monoisotopic (exact) mass is 233 g/mol. The molecule has 0 aliphatic rings. The second kappa shape index (κ2) is 9.53. The quantitative estimate of drug-likeness (QED) is 0.515. The third-order valence-corrected chi connectivity index (χ3v) is 2.26. The molecule has 1 atom stereocenters. The number of nitrogens with zero attached hydrogens (tertiary/aromatic N) is 1. The number of nitrogens with one attached hydrogen (secondary N) is 1. The largest absolute Gasteiger partial charge is 0.383 e. The first-order chi connectivity index (χ1) is 7.65. The van der Waals surface area contributed by atoms with Crippen LogP contribution in [0.3, 0.4) is 0 Å². The number of nitrogens with two attached hydrogens (primary N) is 1. The molecule has 0 saturated carbocycles. The lowest BCUT2D eigenvalue weighted by Crippen LogP contribution is -2.43. The van der Waals surface area contributed by atoms with E-state index in [4.69, 9.17) is 15.2 Å². The minimum atomic E-state index is -0.552. The van der Waals surface area contributed by atoms with Crippen LogP contribution >= 0.6 is 0 Å². The normalized spacial score (nSPS) is 12.8. The van der Waals surface area contributed by atoms with E-state index in [1.54, 1.807) is 7.11 Å². The molecule has 0 aromatic rings. The van der Waals surface area contributed by atoms with E-state index in [1.165, 1.54) is 7.11 Å². The summed E-state index contributed by atoms with van der Waals surface area (Å²) in [6.07, 6.45) is -0.552. The molecule has 0 bridgehead atoms. The number of carbonyl (C=O) groups excluding carboxylic acids is 1. The summed E-state index contributed by atoms with van der Waals surface area (Å²) in [6.45, 7) is 3.09. The van der Waals surface area contributed by atoms with E-state index in [0.29, 0.717) is 13.2 Å². The first kappa shape index (κ1) is 15.3. The predicted molar refractivity (Wildman–Crippen MR) is 62.2 cm³/mol. The van der Waals surface area contributed by atoms with Crippen molar-refractivity contribution in [1.82, 2.24) is 10.2 Å². The van der Waals surface area contributed by atoms with E-state index in [9.17, 15) is 4.79 Å². The lowest BCUT2D eigenvalue weighted by molar-refractivity contribution is -0.130. The number of likely N-dealkylation sites (N-methyl/N-ethyl adjacent to an activating group) is 1. The standard InChI is InChI=1S/C10H23N3O3/c1-13(6-7-15-2)5-4-12-10(14)9(8-11)16-3/h9H,4-8,11H2,1-3H3,(H,12,14). The number of methoxy groups -OCH3 is 2. The second-order valence-electron chi connectivity index (χ2n) is 3.55. The predicted octanol–water partition coefficient (Wildman–Crippen LogP) is -1.35. The molecule has 0 heterocycles. The van der Waals surface area contributed by atoms with Crippen molar-refractivity contribution in [2.45, 2.75) is 6.10 Å². The van der Waals surface area contributed by atoms with Gasteiger partial charge in [0.1, 0.15) is 6.10 Å². The second-order valence-corrected chi connectivity index (χ2v) is 3.55. The fraction of sp³-hybridized carbons (Fsp3) is 0.900. The van der Waals surface area contributed by atoms with Crippen LogP contribution in [0.1, 0.15) is 0 Å². The number of hydrogen-bond acceptors (Lipinski definition) is 5. The average molecular weight is 233 g/mol. The van der Waals surface area contributed by atoms with E-state index in [1.807, 2.05) is 7.05 Å². The van der Waals surface area contributed by atoms with E-state index in [-0.39, 0.29) is 12.5 Å². The molecule has 0 rings (SSSR count). The third-order valence-electron chi connectivity index (χ3n) is 2.26. The Bertz CT molecular complexity index is 186. The zero-order valence-electron chi connectivity index (χ0n) is 10.4.